The molecule has 3 aromatic rings. The van der Waals surface area contributed by atoms with Gasteiger partial charge in [-0.2, -0.15) is 0 Å². The maximum absolute atomic E-state index is 14.5. The van der Waals surface area contributed by atoms with Crippen molar-refractivity contribution in [1.82, 2.24) is 4.90 Å². The van der Waals surface area contributed by atoms with E-state index in [0.717, 1.165) is 18.4 Å². The Morgan fingerprint density at radius 2 is 1.67 bits per heavy atom. The molecule has 2 saturated heterocycles. The lowest BCUT2D eigenvalue weighted by Crippen LogP contribution is -2.62. The van der Waals surface area contributed by atoms with E-state index in [2.05, 4.69) is 15.5 Å². The number of rotatable bonds is 2. The van der Waals surface area contributed by atoms with Crippen LogP contribution in [0.4, 0.5) is 11.4 Å². The summed E-state index contributed by atoms with van der Waals surface area (Å²) in [7, 11) is 0. The fraction of sp³-hybridized carbons (Fsp3) is 0.276. The van der Waals surface area contributed by atoms with Crippen LogP contribution in [0.1, 0.15) is 39.9 Å². The summed E-state index contributed by atoms with van der Waals surface area (Å²) < 4.78 is 0. The number of benzene rings is 3. The molecule has 2 fully saturated rings. The Morgan fingerprint density at radius 3 is 2.47 bits per heavy atom. The molecule has 7 rings (SSSR count). The Balaban J connectivity index is 1.59. The number of nitrogens with zero attached hydrogens (tertiary/aromatic N) is 1. The summed E-state index contributed by atoms with van der Waals surface area (Å²) in [6.07, 6.45) is 1.57. The van der Waals surface area contributed by atoms with Crippen LogP contribution in [0, 0.1) is 12.8 Å². The van der Waals surface area contributed by atoms with Crippen LogP contribution in [-0.2, 0) is 20.5 Å². The normalized spacial score (nSPS) is 29.8. The number of anilines is 2. The van der Waals surface area contributed by atoms with Gasteiger partial charge in [-0.25, -0.2) is 0 Å². The number of hydrogen-bond acceptors (Lipinski definition) is 4. The number of ketones is 1. The first-order valence-corrected chi connectivity index (χ1v) is 12.7. The smallest absolute Gasteiger partial charge is 0.251 e. The SMILES string of the molecule is Cc1ccc(C(=O)[C@H]2[C@@H]3CCCN3[C@@]3(C(=O)Nc4ccc(Cl)cc43)[C@]23C(=O)Nc2ccccc23)cc1. The van der Waals surface area contributed by atoms with Gasteiger partial charge in [0.05, 0.1) is 5.92 Å². The van der Waals surface area contributed by atoms with Crippen LogP contribution in [-0.4, -0.2) is 35.1 Å². The van der Waals surface area contributed by atoms with Gasteiger partial charge in [0, 0.05) is 33.6 Å². The second kappa shape index (κ2) is 7.28. The molecular formula is C29H24ClN3O3. The molecule has 2 amide bonds. The van der Waals surface area contributed by atoms with Crippen molar-refractivity contribution in [3.05, 3.63) is 94.0 Å². The highest BCUT2D eigenvalue weighted by molar-refractivity contribution is 6.31. The Morgan fingerprint density at radius 1 is 0.944 bits per heavy atom. The molecule has 4 atom stereocenters. The minimum atomic E-state index is -1.45. The molecule has 4 aliphatic heterocycles. The van der Waals surface area contributed by atoms with E-state index in [1.54, 1.807) is 18.2 Å². The van der Waals surface area contributed by atoms with Crippen molar-refractivity contribution in [2.24, 2.45) is 5.92 Å². The quantitative estimate of drug-likeness (QED) is 0.505. The van der Waals surface area contributed by atoms with Crippen molar-refractivity contribution >= 4 is 40.6 Å². The lowest BCUT2D eigenvalue weighted by molar-refractivity contribution is -0.137. The molecule has 0 radical (unpaired) electrons. The van der Waals surface area contributed by atoms with Crippen LogP contribution in [0.25, 0.3) is 0 Å². The van der Waals surface area contributed by atoms with E-state index in [9.17, 15) is 14.4 Å². The molecule has 36 heavy (non-hydrogen) atoms. The summed E-state index contributed by atoms with van der Waals surface area (Å²) in [6.45, 7) is 2.59. The average Bonchev–Trinajstić information content (AvgIpc) is 3.58. The van der Waals surface area contributed by atoms with Gasteiger partial charge in [-0.15, -0.1) is 0 Å². The molecule has 3 aromatic carbocycles. The lowest BCUT2D eigenvalue weighted by Gasteiger charge is -2.43. The molecule has 0 bridgehead atoms. The zero-order valence-corrected chi connectivity index (χ0v) is 20.4. The van der Waals surface area contributed by atoms with Crippen molar-refractivity contribution in [3.8, 4) is 0 Å². The number of halogens is 1. The standard InChI is InChI=1S/C29H24ClN3O3/c1-16-8-10-17(11-9-16)25(34)24-23-7-4-14-33(23)29(20-15-18(30)12-13-22(20)32-27(29)36)28(24)19-5-2-3-6-21(19)31-26(28)35/h2-3,5-6,8-13,15,23-24H,4,7,14H2,1H3,(H,31,35)(H,32,36)/t23-,24+,28-,29-/m0/s1. The minimum Gasteiger partial charge on any atom is -0.325 e. The molecule has 0 unspecified atom stereocenters. The van der Waals surface area contributed by atoms with Gasteiger partial charge in [-0.3, -0.25) is 19.3 Å². The monoisotopic (exact) mass is 497 g/mol. The van der Waals surface area contributed by atoms with Gasteiger partial charge in [0.25, 0.3) is 5.91 Å². The lowest BCUT2D eigenvalue weighted by atomic mass is 9.57. The molecule has 180 valence electrons. The van der Waals surface area contributed by atoms with Gasteiger partial charge >= 0.3 is 0 Å². The molecule has 4 aliphatic rings. The predicted molar refractivity (Wildman–Crippen MR) is 137 cm³/mol. The Labute approximate surface area is 213 Å². The van der Waals surface area contributed by atoms with Crippen LogP contribution < -0.4 is 10.6 Å². The molecule has 0 saturated carbocycles. The fourth-order valence-electron chi connectivity index (χ4n) is 7.45. The molecule has 2 N–H and O–H groups in total. The molecular weight excluding hydrogens is 474 g/mol. The van der Waals surface area contributed by atoms with E-state index < -0.39 is 16.9 Å². The maximum atomic E-state index is 14.5. The van der Waals surface area contributed by atoms with Gasteiger partial charge in [0.15, 0.2) is 5.78 Å². The highest BCUT2D eigenvalue weighted by Gasteiger charge is 2.81. The summed E-state index contributed by atoms with van der Waals surface area (Å²) in [5.74, 6) is -1.45. The Bertz CT molecular complexity index is 1490. The van der Waals surface area contributed by atoms with E-state index in [4.69, 9.17) is 11.6 Å². The first kappa shape index (κ1) is 21.8. The van der Waals surface area contributed by atoms with Gasteiger partial charge in [0.1, 0.15) is 11.0 Å². The second-order valence-corrected chi connectivity index (χ2v) is 10.7. The molecule has 2 spiro atoms. The zero-order valence-electron chi connectivity index (χ0n) is 19.7. The van der Waals surface area contributed by atoms with Crippen LogP contribution in [0.3, 0.4) is 0 Å². The number of amides is 2. The van der Waals surface area contributed by atoms with Gasteiger partial charge < -0.3 is 10.6 Å². The van der Waals surface area contributed by atoms with Crippen molar-refractivity contribution in [1.29, 1.82) is 0 Å². The number of hydrogen-bond donors (Lipinski definition) is 2. The number of nitrogens with one attached hydrogen (secondary N) is 2. The van der Waals surface area contributed by atoms with Crippen LogP contribution in [0.2, 0.25) is 5.02 Å². The number of carbonyl (C=O) groups is 3. The third kappa shape index (κ3) is 2.39. The van der Waals surface area contributed by atoms with Gasteiger partial charge in [-0.1, -0.05) is 59.6 Å². The first-order valence-electron chi connectivity index (χ1n) is 12.3. The average molecular weight is 498 g/mol. The van der Waals surface area contributed by atoms with Crippen molar-refractivity contribution in [2.45, 2.75) is 36.8 Å². The number of aryl methyl sites for hydroxylation is 1. The van der Waals surface area contributed by atoms with Crippen molar-refractivity contribution < 1.29 is 14.4 Å². The molecule has 0 aromatic heterocycles. The van der Waals surface area contributed by atoms with Gasteiger partial charge in [0.2, 0.25) is 5.91 Å². The molecule has 6 nitrogen and oxygen atoms in total. The van der Waals surface area contributed by atoms with Crippen molar-refractivity contribution in [3.63, 3.8) is 0 Å². The topological polar surface area (TPSA) is 78.5 Å². The summed E-state index contributed by atoms with van der Waals surface area (Å²) in [4.78, 5) is 45.3. The molecule has 7 heteroatoms. The highest BCUT2D eigenvalue weighted by atomic mass is 35.5. The second-order valence-electron chi connectivity index (χ2n) is 10.3. The van der Waals surface area contributed by atoms with E-state index in [0.29, 0.717) is 39.6 Å². The fourth-order valence-corrected chi connectivity index (χ4v) is 7.62. The van der Waals surface area contributed by atoms with Crippen LogP contribution in [0.5, 0.6) is 0 Å². The van der Waals surface area contributed by atoms with Gasteiger partial charge in [-0.05, 0) is 56.1 Å². The molecule has 0 aliphatic carbocycles. The number of Topliss-reactive ketones (excluding diaryl/α,β-unsaturated/α-hetero) is 1. The third-order valence-electron chi connectivity index (χ3n) is 8.68. The van der Waals surface area contributed by atoms with E-state index in [-0.39, 0.29) is 23.6 Å². The third-order valence-corrected chi connectivity index (χ3v) is 8.91. The Kier molecular flexibility index (Phi) is 4.40. The summed E-state index contributed by atoms with van der Waals surface area (Å²) in [5, 5.41) is 6.58. The highest BCUT2D eigenvalue weighted by Crippen LogP contribution is 2.67. The largest absolute Gasteiger partial charge is 0.325 e. The van der Waals surface area contributed by atoms with Crippen LogP contribution in [0.15, 0.2) is 66.7 Å². The van der Waals surface area contributed by atoms with E-state index in [1.165, 1.54) is 0 Å². The molecule has 4 heterocycles. The summed E-state index contributed by atoms with van der Waals surface area (Å²) >= 11 is 6.49. The van der Waals surface area contributed by atoms with Crippen molar-refractivity contribution in [2.75, 3.05) is 17.2 Å². The number of para-hydroxylation sites is 1. The minimum absolute atomic E-state index is 0.112. The van der Waals surface area contributed by atoms with E-state index >= 15 is 0 Å². The summed E-state index contributed by atoms with van der Waals surface area (Å²) in [5.41, 5.74) is 1.40. The number of fused-ring (bicyclic) bond motifs is 7. The van der Waals surface area contributed by atoms with E-state index in [1.807, 2.05) is 55.5 Å². The maximum Gasteiger partial charge on any atom is 0.251 e. The zero-order chi connectivity index (χ0) is 24.8. The Hall–Kier alpha value is -3.48. The van der Waals surface area contributed by atoms with Crippen LogP contribution >= 0.6 is 11.6 Å². The first-order chi connectivity index (χ1) is 17.4. The summed E-state index contributed by atoms with van der Waals surface area (Å²) in [6, 6.07) is 20.0. The predicted octanol–water partition coefficient (Wildman–Crippen LogP) is 4.66. The number of carbonyl (C=O) groups excluding carboxylic acids is 3.